The molecule has 4 heteroatoms. The second-order valence-electron chi connectivity index (χ2n) is 5.17. The van der Waals surface area contributed by atoms with Crippen LogP contribution in [0.2, 0.25) is 0 Å². The van der Waals surface area contributed by atoms with Crippen molar-refractivity contribution >= 4 is 5.91 Å². The number of amides is 1. The number of hydrogen-bond acceptors (Lipinski definition) is 3. The molecule has 1 unspecified atom stereocenters. The number of rotatable bonds is 7. The fourth-order valence-corrected chi connectivity index (χ4v) is 2.30. The van der Waals surface area contributed by atoms with Gasteiger partial charge in [-0.15, -0.1) is 0 Å². The molecule has 2 aromatic rings. The van der Waals surface area contributed by atoms with Crippen molar-refractivity contribution in [2.24, 2.45) is 0 Å². The van der Waals surface area contributed by atoms with Gasteiger partial charge in [0.15, 0.2) is 0 Å². The first-order valence-corrected chi connectivity index (χ1v) is 7.26. The molecule has 1 aromatic heterocycles. The van der Waals surface area contributed by atoms with E-state index in [0.29, 0.717) is 6.42 Å². The molecule has 0 saturated heterocycles. The predicted octanol–water partition coefficient (Wildman–Crippen LogP) is 2.40. The highest BCUT2D eigenvalue weighted by Crippen LogP contribution is 2.10. The predicted molar refractivity (Wildman–Crippen MR) is 83.4 cm³/mol. The first-order valence-electron chi connectivity index (χ1n) is 7.26. The number of benzene rings is 1. The Hall–Kier alpha value is -2.07. The van der Waals surface area contributed by atoms with Gasteiger partial charge >= 0.3 is 0 Å². The van der Waals surface area contributed by atoms with Gasteiger partial charge in [0.1, 0.15) is 5.76 Å². The maximum absolute atomic E-state index is 12.4. The summed E-state index contributed by atoms with van der Waals surface area (Å²) in [6, 6.07) is 11.5. The van der Waals surface area contributed by atoms with Crippen molar-refractivity contribution in [3.63, 3.8) is 0 Å². The Morgan fingerprint density at radius 3 is 2.76 bits per heavy atom. The van der Waals surface area contributed by atoms with E-state index in [-0.39, 0.29) is 11.9 Å². The summed E-state index contributed by atoms with van der Waals surface area (Å²) in [7, 11) is 1.91. The molecule has 1 amide bonds. The summed E-state index contributed by atoms with van der Waals surface area (Å²) in [6.07, 6.45) is 3.18. The lowest BCUT2D eigenvalue weighted by molar-refractivity contribution is 0.0938. The van der Waals surface area contributed by atoms with Crippen LogP contribution in [-0.4, -0.2) is 25.5 Å². The number of furan rings is 1. The van der Waals surface area contributed by atoms with Crippen molar-refractivity contribution in [3.8, 4) is 0 Å². The third-order valence-electron chi connectivity index (χ3n) is 3.37. The zero-order chi connectivity index (χ0) is 15.1. The Labute approximate surface area is 125 Å². The molecular formula is C17H22N2O2. The molecule has 0 aliphatic rings. The highest BCUT2D eigenvalue weighted by Gasteiger charge is 2.14. The monoisotopic (exact) mass is 286 g/mol. The lowest BCUT2D eigenvalue weighted by atomic mass is 10.0. The van der Waals surface area contributed by atoms with Crippen LogP contribution in [0.4, 0.5) is 0 Å². The molecule has 1 heterocycles. The second-order valence-corrected chi connectivity index (χ2v) is 5.17. The molecular weight excluding hydrogens is 264 g/mol. The minimum atomic E-state index is -0.0271. The van der Waals surface area contributed by atoms with Crippen LogP contribution in [0.25, 0.3) is 0 Å². The van der Waals surface area contributed by atoms with Crippen LogP contribution < -0.4 is 10.6 Å². The number of carbonyl (C=O) groups is 1. The molecule has 2 rings (SSSR count). The lowest BCUT2D eigenvalue weighted by Gasteiger charge is -2.15. The normalized spacial score (nSPS) is 12.1. The third-order valence-corrected chi connectivity index (χ3v) is 3.37. The summed E-state index contributed by atoms with van der Waals surface area (Å²) in [4.78, 5) is 12.4. The molecule has 0 saturated carbocycles. The molecule has 0 bridgehead atoms. The van der Waals surface area contributed by atoms with Gasteiger partial charge in [-0.05, 0) is 50.7 Å². The van der Waals surface area contributed by atoms with Crippen molar-refractivity contribution in [2.75, 3.05) is 13.6 Å². The summed E-state index contributed by atoms with van der Waals surface area (Å²) < 4.78 is 5.31. The molecule has 112 valence electrons. The highest BCUT2D eigenvalue weighted by atomic mass is 16.3. The zero-order valence-electron chi connectivity index (χ0n) is 12.6. The summed E-state index contributed by atoms with van der Waals surface area (Å²) >= 11 is 0. The minimum absolute atomic E-state index is 0.0271. The Balaban J connectivity index is 1.99. The van der Waals surface area contributed by atoms with E-state index in [1.165, 1.54) is 0 Å². The Morgan fingerprint density at radius 1 is 1.24 bits per heavy atom. The molecule has 0 spiro atoms. The van der Waals surface area contributed by atoms with Gasteiger partial charge in [-0.25, -0.2) is 0 Å². The van der Waals surface area contributed by atoms with E-state index in [9.17, 15) is 4.79 Å². The van der Waals surface area contributed by atoms with Crippen molar-refractivity contribution in [1.29, 1.82) is 0 Å². The first-order chi connectivity index (χ1) is 10.2. The standard InChI is InChI=1S/C17H22N2O2/c1-13(12-15-7-5-11-21-15)19-17(20)16-8-4-3-6-14(16)9-10-18-2/h3-8,11,13,18H,9-10,12H2,1-2H3,(H,19,20). The van der Waals surface area contributed by atoms with E-state index in [4.69, 9.17) is 4.42 Å². The number of nitrogens with one attached hydrogen (secondary N) is 2. The van der Waals surface area contributed by atoms with Gasteiger partial charge in [-0.2, -0.15) is 0 Å². The maximum atomic E-state index is 12.4. The largest absolute Gasteiger partial charge is 0.469 e. The van der Waals surface area contributed by atoms with E-state index in [0.717, 1.165) is 29.9 Å². The van der Waals surface area contributed by atoms with E-state index >= 15 is 0 Å². The summed E-state index contributed by atoms with van der Waals surface area (Å²) in [5, 5.41) is 6.14. The van der Waals surface area contributed by atoms with Crippen LogP contribution in [0.5, 0.6) is 0 Å². The van der Waals surface area contributed by atoms with Gasteiger partial charge in [0, 0.05) is 18.0 Å². The number of hydrogen-bond donors (Lipinski definition) is 2. The Kier molecular flexibility index (Phi) is 5.58. The van der Waals surface area contributed by atoms with Crippen LogP contribution in [0.1, 0.15) is 28.6 Å². The molecule has 0 radical (unpaired) electrons. The molecule has 0 fully saturated rings. The van der Waals surface area contributed by atoms with Gasteiger partial charge in [0.05, 0.1) is 6.26 Å². The van der Waals surface area contributed by atoms with Crippen molar-refractivity contribution in [2.45, 2.75) is 25.8 Å². The smallest absolute Gasteiger partial charge is 0.251 e. The first kappa shape index (κ1) is 15.3. The highest BCUT2D eigenvalue weighted by molar-refractivity contribution is 5.95. The maximum Gasteiger partial charge on any atom is 0.251 e. The van der Waals surface area contributed by atoms with Crippen molar-refractivity contribution in [1.82, 2.24) is 10.6 Å². The SMILES string of the molecule is CNCCc1ccccc1C(=O)NC(C)Cc1ccco1. The fourth-order valence-electron chi connectivity index (χ4n) is 2.30. The fraction of sp³-hybridized carbons (Fsp3) is 0.353. The summed E-state index contributed by atoms with van der Waals surface area (Å²) in [6.45, 7) is 2.84. The molecule has 0 aliphatic heterocycles. The van der Waals surface area contributed by atoms with Crippen LogP contribution in [0, 0.1) is 0 Å². The van der Waals surface area contributed by atoms with Crippen molar-refractivity contribution in [3.05, 3.63) is 59.5 Å². The average molecular weight is 286 g/mol. The zero-order valence-corrected chi connectivity index (χ0v) is 12.6. The van der Waals surface area contributed by atoms with E-state index in [2.05, 4.69) is 10.6 Å². The van der Waals surface area contributed by atoms with Gasteiger partial charge in [0.2, 0.25) is 0 Å². The lowest BCUT2D eigenvalue weighted by Crippen LogP contribution is -2.34. The molecule has 4 nitrogen and oxygen atoms in total. The quantitative estimate of drug-likeness (QED) is 0.822. The summed E-state index contributed by atoms with van der Waals surface area (Å²) in [5.74, 6) is 0.854. The van der Waals surface area contributed by atoms with Gasteiger partial charge in [-0.1, -0.05) is 18.2 Å². The third kappa shape index (κ3) is 4.46. The van der Waals surface area contributed by atoms with E-state index in [1.54, 1.807) is 6.26 Å². The van der Waals surface area contributed by atoms with Crippen LogP contribution in [-0.2, 0) is 12.8 Å². The molecule has 1 atom stereocenters. The van der Waals surface area contributed by atoms with Gasteiger partial charge in [-0.3, -0.25) is 4.79 Å². The summed E-state index contributed by atoms with van der Waals surface area (Å²) in [5.41, 5.74) is 1.81. The number of carbonyl (C=O) groups excluding carboxylic acids is 1. The Bertz CT molecular complexity index is 564. The van der Waals surface area contributed by atoms with E-state index in [1.807, 2.05) is 50.4 Å². The van der Waals surface area contributed by atoms with Crippen LogP contribution in [0.3, 0.4) is 0 Å². The van der Waals surface area contributed by atoms with Crippen LogP contribution in [0.15, 0.2) is 47.1 Å². The van der Waals surface area contributed by atoms with Crippen LogP contribution >= 0.6 is 0 Å². The molecule has 1 aromatic carbocycles. The average Bonchev–Trinajstić information content (AvgIpc) is 2.98. The Morgan fingerprint density at radius 2 is 2.05 bits per heavy atom. The van der Waals surface area contributed by atoms with Crippen molar-refractivity contribution < 1.29 is 9.21 Å². The minimum Gasteiger partial charge on any atom is -0.469 e. The van der Waals surface area contributed by atoms with Gasteiger partial charge < -0.3 is 15.1 Å². The molecule has 2 N–H and O–H groups in total. The van der Waals surface area contributed by atoms with Gasteiger partial charge in [0.25, 0.3) is 5.91 Å². The van der Waals surface area contributed by atoms with E-state index < -0.39 is 0 Å². The topological polar surface area (TPSA) is 54.3 Å². The molecule has 21 heavy (non-hydrogen) atoms. The second kappa shape index (κ2) is 7.64. The molecule has 0 aliphatic carbocycles. The number of likely N-dealkylation sites (N-methyl/N-ethyl adjacent to an activating group) is 1.